The van der Waals surface area contributed by atoms with Crippen molar-refractivity contribution in [3.63, 3.8) is 0 Å². The Labute approximate surface area is 379 Å². The zero-order valence-corrected chi connectivity index (χ0v) is 39.3. The van der Waals surface area contributed by atoms with E-state index in [9.17, 15) is 14.4 Å². The fourth-order valence-corrected chi connectivity index (χ4v) is 5.91. The summed E-state index contributed by atoms with van der Waals surface area (Å²) in [5.41, 5.74) is 0. The first-order valence-electron chi connectivity index (χ1n) is 24.3. The summed E-state index contributed by atoms with van der Waals surface area (Å²) in [6, 6.07) is 0. The highest BCUT2D eigenvalue weighted by atomic mass is 16.6. The first-order valence-corrected chi connectivity index (χ1v) is 24.3. The molecule has 0 fully saturated rings. The number of rotatable bonds is 41. The van der Waals surface area contributed by atoms with E-state index in [0.29, 0.717) is 12.8 Å². The van der Waals surface area contributed by atoms with Gasteiger partial charge in [-0.15, -0.1) is 0 Å². The molecule has 0 saturated heterocycles. The summed E-state index contributed by atoms with van der Waals surface area (Å²) >= 11 is 0. The second-order valence-corrected chi connectivity index (χ2v) is 15.4. The first kappa shape index (κ1) is 57.5. The normalized spacial score (nSPS) is 13.3. The third-order valence-electron chi connectivity index (χ3n) is 9.50. The van der Waals surface area contributed by atoms with Gasteiger partial charge in [0.1, 0.15) is 13.2 Å². The second kappa shape index (κ2) is 49.2. The Morgan fingerprint density at radius 3 is 1.23 bits per heavy atom. The maximum atomic E-state index is 12.8. The molecule has 0 spiro atoms. The lowest BCUT2D eigenvalue weighted by molar-refractivity contribution is -0.167. The van der Waals surface area contributed by atoms with Crippen LogP contribution >= 0.6 is 0 Å². The van der Waals surface area contributed by atoms with Crippen molar-refractivity contribution in [1.82, 2.24) is 0 Å². The summed E-state index contributed by atoms with van der Waals surface area (Å²) in [6.07, 6.45) is 68.7. The number of carbonyl (C=O) groups excluding carboxylic acids is 3. The SMILES string of the molecule is CC\C=C/C=C\C=C/C=C\C=C/CCCC(=O)OCC(COC(=O)CCC/C=C\C/C=C\C/C=C\C/C=C\CCCCC)OC(=O)CCCCCCCCC/C=C\C/C=C\CC. The zero-order valence-electron chi connectivity index (χ0n) is 39.3. The van der Waals surface area contributed by atoms with Gasteiger partial charge in [-0.25, -0.2) is 0 Å². The van der Waals surface area contributed by atoms with Gasteiger partial charge in [-0.05, 0) is 96.3 Å². The molecule has 1 atom stereocenters. The number of esters is 3. The highest BCUT2D eigenvalue weighted by Gasteiger charge is 2.19. The Bertz CT molecular complexity index is 1400. The highest BCUT2D eigenvalue weighted by molar-refractivity contribution is 5.71. The molecule has 0 saturated carbocycles. The summed E-state index contributed by atoms with van der Waals surface area (Å²) in [6.45, 7) is 6.21. The third-order valence-corrected chi connectivity index (χ3v) is 9.50. The van der Waals surface area contributed by atoms with Gasteiger partial charge in [0, 0.05) is 19.3 Å². The van der Waals surface area contributed by atoms with Crippen molar-refractivity contribution in [1.29, 1.82) is 0 Å². The van der Waals surface area contributed by atoms with Gasteiger partial charge in [-0.1, -0.05) is 199 Å². The molecule has 0 rings (SSSR count). The smallest absolute Gasteiger partial charge is 0.306 e. The van der Waals surface area contributed by atoms with E-state index in [1.165, 1.54) is 44.9 Å². The van der Waals surface area contributed by atoms with E-state index in [-0.39, 0.29) is 50.4 Å². The van der Waals surface area contributed by atoms with Crippen molar-refractivity contribution in [3.8, 4) is 0 Å². The van der Waals surface area contributed by atoms with Crippen molar-refractivity contribution in [2.24, 2.45) is 0 Å². The van der Waals surface area contributed by atoms with Crippen molar-refractivity contribution in [2.45, 2.75) is 187 Å². The number of unbranched alkanes of at least 4 members (excludes halogenated alkanes) is 12. The fourth-order valence-electron chi connectivity index (χ4n) is 5.91. The van der Waals surface area contributed by atoms with E-state index in [4.69, 9.17) is 14.2 Å². The maximum absolute atomic E-state index is 12.8. The van der Waals surface area contributed by atoms with Gasteiger partial charge in [-0.3, -0.25) is 14.4 Å². The van der Waals surface area contributed by atoms with Crippen LogP contribution in [0.5, 0.6) is 0 Å². The van der Waals surface area contributed by atoms with E-state index in [0.717, 1.165) is 83.5 Å². The lowest BCUT2D eigenvalue weighted by Gasteiger charge is -2.18. The van der Waals surface area contributed by atoms with Crippen LogP contribution in [0.3, 0.4) is 0 Å². The van der Waals surface area contributed by atoms with Gasteiger partial charge in [0.15, 0.2) is 6.10 Å². The highest BCUT2D eigenvalue weighted by Crippen LogP contribution is 2.12. The number of carbonyl (C=O) groups is 3. The standard InChI is InChI=1S/C56H86O6/c1-4-7-10-13-16-19-22-25-27-28-29-32-34-37-40-43-46-49-55(58)61-52-53(51-60-54(57)48-45-42-39-36-33-30-24-21-18-15-12-9-6-3)62-56(59)50-47-44-41-38-35-31-26-23-20-17-14-11-8-5-2/h8-9,11-12,15-21,24-25,27,29-30,32-33,36-37,39-40,53H,4-7,10,13-14,22-23,26,28,31,34-35,38,41-52H2,1-3H3/b11-8-,12-9-,18-15-,19-16-,20-17-,24-21-,27-25-,32-29-,33-30-,39-36-,40-37-. The Morgan fingerprint density at radius 1 is 0.355 bits per heavy atom. The van der Waals surface area contributed by atoms with Crippen LogP contribution in [0, 0.1) is 0 Å². The van der Waals surface area contributed by atoms with Gasteiger partial charge in [0.25, 0.3) is 0 Å². The second-order valence-electron chi connectivity index (χ2n) is 15.4. The molecular formula is C56H86O6. The number of ether oxygens (including phenoxy) is 3. The van der Waals surface area contributed by atoms with Gasteiger partial charge < -0.3 is 14.2 Å². The molecule has 0 radical (unpaired) electrons. The molecule has 0 aromatic carbocycles. The summed E-state index contributed by atoms with van der Waals surface area (Å²) in [5.74, 6) is -1.08. The molecule has 0 aliphatic heterocycles. The first-order chi connectivity index (χ1) is 30.5. The molecule has 0 amide bonds. The Balaban J connectivity index is 4.61. The number of hydrogen-bond donors (Lipinski definition) is 0. The van der Waals surface area contributed by atoms with Crippen molar-refractivity contribution < 1.29 is 28.6 Å². The lowest BCUT2D eigenvalue weighted by Crippen LogP contribution is -2.30. The monoisotopic (exact) mass is 855 g/mol. The minimum absolute atomic E-state index is 0.137. The minimum Gasteiger partial charge on any atom is -0.462 e. The quantitative estimate of drug-likeness (QED) is 0.0200. The molecule has 0 N–H and O–H groups in total. The summed E-state index contributed by atoms with van der Waals surface area (Å²) in [7, 11) is 0. The predicted octanol–water partition coefficient (Wildman–Crippen LogP) is 15.9. The van der Waals surface area contributed by atoms with E-state index in [2.05, 4.69) is 99.8 Å². The molecular weight excluding hydrogens is 769 g/mol. The fraction of sp³-hybridized carbons (Fsp3) is 0.554. The largest absolute Gasteiger partial charge is 0.462 e. The topological polar surface area (TPSA) is 78.9 Å². The number of allylic oxidation sites excluding steroid dienone is 22. The minimum atomic E-state index is -0.837. The molecule has 0 aromatic rings. The van der Waals surface area contributed by atoms with Crippen molar-refractivity contribution in [3.05, 3.63) is 134 Å². The van der Waals surface area contributed by atoms with Crippen LogP contribution in [0.25, 0.3) is 0 Å². The Morgan fingerprint density at radius 2 is 0.726 bits per heavy atom. The van der Waals surface area contributed by atoms with Crippen LogP contribution in [0.15, 0.2) is 134 Å². The van der Waals surface area contributed by atoms with E-state index >= 15 is 0 Å². The van der Waals surface area contributed by atoms with Crippen LogP contribution in [0.2, 0.25) is 0 Å². The van der Waals surface area contributed by atoms with Gasteiger partial charge in [0.05, 0.1) is 0 Å². The maximum Gasteiger partial charge on any atom is 0.306 e. The molecule has 6 heteroatoms. The van der Waals surface area contributed by atoms with Crippen LogP contribution in [-0.2, 0) is 28.6 Å². The Hall–Kier alpha value is -4.45. The van der Waals surface area contributed by atoms with Crippen molar-refractivity contribution in [2.75, 3.05) is 13.2 Å². The third kappa shape index (κ3) is 46.6. The predicted molar refractivity (Wildman–Crippen MR) is 265 cm³/mol. The zero-order chi connectivity index (χ0) is 45.1. The van der Waals surface area contributed by atoms with Crippen LogP contribution < -0.4 is 0 Å². The van der Waals surface area contributed by atoms with Gasteiger partial charge >= 0.3 is 17.9 Å². The average molecular weight is 855 g/mol. The van der Waals surface area contributed by atoms with E-state index in [1.54, 1.807) is 0 Å². The molecule has 0 heterocycles. The van der Waals surface area contributed by atoms with Crippen molar-refractivity contribution >= 4 is 17.9 Å². The average Bonchev–Trinajstić information content (AvgIpc) is 3.27. The summed E-state index contributed by atoms with van der Waals surface area (Å²) in [5, 5.41) is 0. The van der Waals surface area contributed by atoms with E-state index < -0.39 is 6.10 Å². The molecule has 0 aliphatic carbocycles. The molecule has 0 aliphatic rings. The van der Waals surface area contributed by atoms with Crippen LogP contribution in [-0.4, -0.2) is 37.2 Å². The summed E-state index contributed by atoms with van der Waals surface area (Å²) < 4.78 is 16.6. The molecule has 1 unspecified atom stereocenters. The van der Waals surface area contributed by atoms with Crippen LogP contribution in [0.4, 0.5) is 0 Å². The molecule has 62 heavy (non-hydrogen) atoms. The molecule has 6 nitrogen and oxygen atoms in total. The van der Waals surface area contributed by atoms with E-state index in [1.807, 2.05) is 54.7 Å². The lowest BCUT2D eigenvalue weighted by atomic mass is 10.1. The van der Waals surface area contributed by atoms with Crippen LogP contribution in [0.1, 0.15) is 181 Å². The molecule has 0 bridgehead atoms. The summed E-state index contributed by atoms with van der Waals surface area (Å²) in [4.78, 5) is 37.8. The van der Waals surface area contributed by atoms with Gasteiger partial charge in [-0.2, -0.15) is 0 Å². The Kier molecular flexibility index (Phi) is 45.7. The van der Waals surface area contributed by atoms with Gasteiger partial charge in [0.2, 0.25) is 0 Å². The molecule has 0 aromatic heterocycles. The molecule has 346 valence electrons. The number of hydrogen-bond acceptors (Lipinski definition) is 6.